The number of alkyl halides is 3. The summed E-state index contributed by atoms with van der Waals surface area (Å²) in [5, 5.41) is 0.658. The van der Waals surface area contributed by atoms with Crippen LogP contribution >= 0.6 is 23.1 Å². The van der Waals surface area contributed by atoms with Crippen molar-refractivity contribution in [3.8, 4) is 5.75 Å². The number of imide groups is 1. The van der Waals surface area contributed by atoms with Crippen LogP contribution in [0.5, 0.6) is 5.75 Å². The Bertz CT molecular complexity index is 1800. The minimum absolute atomic E-state index is 0.0642. The summed E-state index contributed by atoms with van der Waals surface area (Å²) in [6.07, 6.45) is -3.97. The number of morpholine rings is 1. The lowest BCUT2D eigenvalue weighted by Crippen LogP contribution is -2.43. The van der Waals surface area contributed by atoms with Crippen LogP contribution in [0.3, 0.4) is 0 Å². The van der Waals surface area contributed by atoms with Crippen LogP contribution in [0, 0.1) is 29.6 Å². The molecule has 240 valence electrons. The highest BCUT2D eigenvalue weighted by Gasteiger charge is 2.69. The third kappa shape index (κ3) is 4.70. The van der Waals surface area contributed by atoms with Crippen molar-refractivity contribution < 1.29 is 37.0 Å². The van der Waals surface area contributed by atoms with E-state index in [2.05, 4.69) is 4.98 Å². The second kappa shape index (κ2) is 11.0. The Morgan fingerprint density at radius 3 is 2.50 bits per heavy atom. The Morgan fingerprint density at radius 2 is 1.74 bits per heavy atom. The summed E-state index contributed by atoms with van der Waals surface area (Å²) in [5.41, 5.74) is -0.110. The van der Waals surface area contributed by atoms with Crippen LogP contribution < -0.4 is 14.5 Å². The fourth-order valence-corrected chi connectivity index (χ4v) is 11.2. The van der Waals surface area contributed by atoms with E-state index in [9.17, 15) is 32.3 Å². The number of thioether (sulfide) groups is 1. The van der Waals surface area contributed by atoms with E-state index in [0.29, 0.717) is 38.5 Å². The predicted octanol–water partition coefficient (Wildman–Crippen LogP) is 4.37. The molecule has 1 aromatic heterocycles. The molecule has 3 aliphatic heterocycles. The average Bonchev–Trinajstić information content (AvgIpc) is 3.78. The number of nitrogens with one attached hydrogen (secondary N) is 1. The minimum Gasteiger partial charge on any atom is -0.484 e. The highest BCUT2D eigenvalue weighted by Crippen LogP contribution is 2.68. The molecule has 14 heteroatoms. The van der Waals surface area contributed by atoms with Crippen molar-refractivity contribution in [2.75, 3.05) is 37.8 Å². The highest BCUT2D eigenvalue weighted by molar-refractivity contribution is 8.00. The number of hydrogen-bond donors (Lipinski definition) is 1. The number of hydrogen-bond acceptors (Lipinski definition) is 8. The predicted molar refractivity (Wildman–Crippen MR) is 162 cm³/mol. The number of rotatable bonds is 5. The van der Waals surface area contributed by atoms with Gasteiger partial charge in [0.25, 0.3) is 5.91 Å². The largest absolute Gasteiger partial charge is 0.484 e. The van der Waals surface area contributed by atoms with Crippen LogP contribution in [0.1, 0.15) is 28.3 Å². The van der Waals surface area contributed by atoms with E-state index < -0.39 is 35.4 Å². The summed E-state index contributed by atoms with van der Waals surface area (Å²) in [7, 11) is 0. The first-order chi connectivity index (χ1) is 22.1. The van der Waals surface area contributed by atoms with Crippen molar-refractivity contribution in [3.05, 3.63) is 74.2 Å². The molecular formula is C32H28F3N3O6S2. The fourth-order valence-electron chi connectivity index (χ4n) is 8.31. The van der Waals surface area contributed by atoms with Crippen molar-refractivity contribution in [1.29, 1.82) is 0 Å². The molecule has 2 bridgehead atoms. The Kier molecular flexibility index (Phi) is 7.11. The van der Waals surface area contributed by atoms with Gasteiger partial charge in [0.05, 0.1) is 41.3 Å². The molecule has 7 atom stereocenters. The molecule has 0 radical (unpaired) electrons. The van der Waals surface area contributed by atoms with Gasteiger partial charge in [-0.2, -0.15) is 13.2 Å². The molecule has 9 nitrogen and oxygen atoms in total. The summed E-state index contributed by atoms with van der Waals surface area (Å²) < 4.78 is 51.8. The van der Waals surface area contributed by atoms with E-state index in [1.54, 1.807) is 11.0 Å². The first-order valence-corrected chi connectivity index (χ1v) is 16.8. The van der Waals surface area contributed by atoms with Gasteiger partial charge in [-0.25, -0.2) is 0 Å². The molecular weight excluding hydrogens is 643 g/mol. The molecule has 8 rings (SSSR count). The zero-order valence-electron chi connectivity index (χ0n) is 24.2. The molecule has 4 unspecified atom stereocenters. The normalized spacial score (nSPS) is 29.9. The maximum atomic E-state index is 13.9. The number of aromatic nitrogens is 1. The van der Waals surface area contributed by atoms with E-state index in [-0.39, 0.29) is 52.0 Å². The minimum atomic E-state index is -4.61. The highest BCUT2D eigenvalue weighted by atomic mass is 32.2. The number of benzene rings is 2. The third-order valence-corrected chi connectivity index (χ3v) is 12.7. The lowest BCUT2D eigenvalue weighted by Gasteiger charge is -2.43. The molecule has 5 aliphatic rings. The van der Waals surface area contributed by atoms with Crippen LogP contribution in [-0.4, -0.2) is 65.8 Å². The fraction of sp³-hybridized carbons (Fsp3) is 0.438. The van der Waals surface area contributed by atoms with Gasteiger partial charge < -0.3 is 19.4 Å². The molecule has 1 N–H and O–H groups in total. The first kappa shape index (κ1) is 29.8. The van der Waals surface area contributed by atoms with Crippen LogP contribution in [0.15, 0.2) is 58.4 Å². The van der Waals surface area contributed by atoms with Crippen molar-refractivity contribution in [3.63, 3.8) is 0 Å². The number of nitrogens with zero attached hydrogens (tertiary/aromatic N) is 2. The molecule has 2 aliphatic carbocycles. The number of aromatic amines is 1. The van der Waals surface area contributed by atoms with Gasteiger partial charge in [0, 0.05) is 29.1 Å². The maximum absolute atomic E-state index is 13.9. The molecule has 46 heavy (non-hydrogen) atoms. The third-order valence-electron chi connectivity index (χ3n) is 10.1. The second-order valence-corrected chi connectivity index (χ2v) is 14.6. The van der Waals surface area contributed by atoms with Gasteiger partial charge in [0.15, 0.2) is 6.61 Å². The molecule has 3 aromatic rings. The van der Waals surface area contributed by atoms with Crippen molar-refractivity contribution in [2.45, 2.75) is 28.8 Å². The maximum Gasteiger partial charge on any atom is 0.416 e. The first-order valence-electron chi connectivity index (χ1n) is 15.1. The number of thiazole rings is 1. The van der Waals surface area contributed by atoms with Gasteiger partial charge in [-0.05, 0) is 60.1 Å². The zero-order valence-corrected chi connectivity index (χ0v) is 25.8. The lowest BCUT2D eigenvalue weighted by atomic mass is 9.68. The van der Waals surface area contributed by atoms with Crippen LogP contribution in [-0.2, 0) is 25.3 Å². The van der Waals surface area contributed by atoms with E-state index in [4.69, 9.17) is 9.47 Å². The van der Waals surface area contributed by atoms with Gasteiger partial charge in [-0.3, -0.25) is 24.1 Å². The van der Waals surface area contributed by atoms with Crippen LogP contribution in [0.25, 0.3) is 0 Å². The summed E-state index contributed by atoms with van der Waals surface area (Å²) in [6, 6.07) is 11.8. The summed E-state index contributed by atoms with van der Waals surface area (Å²) in [6.45, 7) is 1.87. The van der Waals surface area contributed by atoms with Gasteiger partial charge in [-0.15, -0.1) is 11.8 Å². The van der Waals surface area contributed by atoms with E-state index in [1.165, 1.54) is 23.9 Å². The second-order valence-electron chi connectivity index (χ2n) is 12.4. The van der Waals surface area contributed by atoms with Gasteiger partial charge >= 0.3 is 11.0 Å². The summed E-state index contributed by atoms with van der Waals surface area (Å²) in [5.74, 6) is -2.59. The summed E-state index contributed by atoms with van der Waals surface area (Å²) >= 11 is 2.66. The van der Waals surface area contributed by atoms with Gasteiger partial charge in [0.2, 0.25) is 11.8 Å². The number of carbonyl (C=O) groups is 3. The average molecular weight is 672 g/mol. The molecule has 0 spiro atoms. The molecule has 2 saturated heterocycles. The Labute approximate surface area is 269 Å². The standard InChI is InChI=1S/C32H28F3N3O6S2/c33-32(34,35)16-4-2-5-17(12-16)38-29(40)24-19-13-20(25(24)30(38)41)26-23(19)22(27-28(45-26)36-31(42)46-27)15-3-1-6-18(11-15)44-14-21(39)37-7-9-43-10-8-37/h1-6,11-12,19-20,22-26H,7-10,13-14H2,(H,36,42)/t19-,20-,22-,23?,24?,25?,26?/m1/s1. The Hall–Kier alpha value is -3.62. The van der Waals surface area contributed by atoms with Crippen LogP contribution in [0.2, 0.25) is 0 Å². The van der Waals surface area contributed by atoms with Crippen molar-refractivity contribution >= 4 is 46.5 Å². The zero-order chi connectivity index (χ0) is 31.9. The van der Waals surface area contributed by atoms with Gasteiger partial charge in [-0.1, -0.05) is 29.5 Å². The van der Waals surface area contributed by atoms with Crippen molar-refractivity contribution in [1.82, 2.24) is 9.88 Å². The molecule has 3 amide bonds. The van der Waals surface area contributed by atoms with E-state index >= 15 is 0 Å². The number of fused-ring (bicyclic) bond motifs is 9. The van der Waals surface area contributed by atoms with Gasteiger partial charge in [0.1, 0.15) is 5.75 Å². The van der Waals surface area contributed by atoms with E-state index in [0.717, 1.165) is 43.8 Å². The SMILES string of the molecule is O=C(COc1cccc([C@H]2c3sc(=O)[nH]c3SC3C2[C@H]2C[C@@H]3C3C(=O)N(c4cccc(C(F)(F)F)c4)C(=O)C32)c1)N1CCOCC1. The monoisotopic (exact) mass is 671 g/mol. The summed E-state index contributed by atoms with van der Waals surface area (Å²) in [4.78, 5) is 59.4. The smallest absolute Gasteiger partial charge is 0.416 e. The quantitative estimate of drug-likeness (QED) is 0.402. The van der Waals surface area contributed by atoms with E-state index in [1.807, 2.05) is 18.2 Å². The van der Waals surface area contributed by atoms with Crippen molar-refractivity contribution in [2.24, 2.45) is 29.6 Å². The number of carbonyl (C=O) groups excluding carboxylic acids is 3. The number of H-pyrrole nitrogens is 1. The lowest BCUT2D eigenvalue weighted by molar-refractivity contribution is -0.138. The number of anilines is 1. The van der Waals surface area contributed by atoms with Crippen LogP contribution in [0.4, 0.5) is 18.9 Å². The Balaban J connectivity index is 1.11. The molecule has 2 aromatic carbocycles. The number of ether oxygens (including phenoxy) is 2. The Morgan fingerprint density at radius 1 is 1.00 bits per heavy atom. The molecule has 2 saturated carbocycles. The molecule has 4 heterocycles. The molecule has 4 fully saturated rings. The number of amides is 3. The number of halogens is 3. The topological polar surface area (TPSA) is 109 Å².